The van der Waals surface area contributed by atoms with E-state index in [-0.39, 0.29) is 17.5 Å². The lowest BCUT2D eigenvalue weighted by molar-refractivity contribution is 0.305. The van der Waals surface area contributed by atoms with E-state index in [9.17, 15) is 8.42 Å². The van der Waals surface area contributed by atoms with Gasteiger partial charge in [-0.3, -0.25) is 0 Å². The molecule has 0 saturated heterocycles. The van der Waals surface area contributed by atoms with Crippen LogP contribution < -0.4 is 4.72 Å². The number of rotatable bonds is 7. The normalized spacial score (nSPS) is 12.5. The van der Waals surface area contributed by atoms with Crippen molar-refractivity contribution in [2.45, 2.75) is 50.5 Å². The van der Waals surface area contributed by atoms with Gasteiger partial charge in [0.1, 0.15) is 0 Å². The molecule has 0 aliphatic heterocycles. The van der Waals surface area contributed by atoms with Gasteiger partial charge in [0.05, 0.1) is 11.5 Å². The van der Waals surface area contributed by atoms with Crippen LogP contribution in [0.1, 0.15) is 45.1 Å². The number of aliphatic hydroxyl groups is 1. The molecule has 1 aromatic rings. The highest BCUT2D eigenvalue weighted by Gasteiger charge is 2.19. The summed E-state index contributed by atoms with van der Waals surface area (Å²) in [5, 5.41) is 8.74. The van der Waals surface area contributed by atoms with Crippen LogP contribution in [0.15, 0.2) is 29.2 Å². The van der Waals surface area contributed by atoms with Crippen LogP contribution >= 0.6 is 0 Å². The summed E-state index contributed by atoms with van der Waals surface area (Å²) in [6.45, 7) is 3.91. The molecule has 0 spiro atoms. The van der Waals surface area contributed by atoms with Gasteiger partial charge in [0.2, 0.25) is 10.0 Å². The Morgan fingerprint density at radius 3 is 2.71 bits per heavy atom. The minimum Gasteiger partial charge on any atom is -0.395 e. The zero-order chi connectivity index (χ0) is 15.7. The highest BCUT2D eigenvalue weighted by molar-refractivity contribution is 7.89. The van der Waals surface area contributed by atoms with Crippen LogP contribution in [0.2, 0.25) is 0 Å². The van der Waals surface area contributed by atoms with Crippen LogP contribution in [-0.4, -0.2) is 26.2 Å². The Balaban J connectivity index is 2.96. The van der Waals surface area contributed by atoms with Crippen molar-refractivity contribution in [1.29, 1.82) is 0 Å². The molecule has 0 aliphatic rings. The predicted molar refractivity (Wildman–Crippen MR) is 84.3 cm³/mol. The van der Waals surface area contributed by atoms with Crippen molar-refractivity contribution in [3.05, 3.63) is 29.8 Å². The number of hydrogen-bond donors (Lipinski definition) is 2. The Labute approximate surface area is 127 Å². The molecule has 0 amide bonds. The smallest absolute Gasteiger partial charge is 0.242 e. The largest absolute Gasteiger partial charge is 0.395 e. The number of benzene rings is 1. The summed E-state index contributed by atoms with van der Waals surface area (Å²) < 4.78 is 27.6. The van der Waals surface area contributed by atoms with E-state index in [0.29, 0.717) is 12.0 Å². The van der Waals surface area contributed by atoms with Crippen LogP contribution in [-0.2, 0) is 10.0 Å². The second-order valence-electron chi connectivity index (χ2n) is 4.94. The van der Waals surface area contributed by atoms with Crippen LogP contribution in [0.25, 0.3) is 0 Å². The van der Waals surface area contributed by atoms with Crippen molar-refractivity contribution in [1.82, 2.24) is 4.72 Å². The zero-order valence-corrected chi connectivity index (χ0v) is 13.4. The summed E-state index contributed by atoms with van der Waals surface area (Å²) in [7, 11) is -3.57. The van der Waals surface area contributed by atoms with E-state index < -0.39 is 10.0 Å². The Morgan fingerprint density at radius 1 is 1.33 bits per heavy atom. The van der Waals surface area contributed by atoms with Gasteiger partial charge in [0.25, 0.3) is 0 Å². The number of hydrogen-bond acceptors (Lipinski definition) is 3. The average Bonchev–Trinajstić information content (AvgIpc) is 2.45. The van der Waals surface area contributed by atoms with E-state index in [0.717, 1.165) is 19.3 Å². The molecule has 0 saturated carbocycles. The molecular weight excluding hydrogens is 286 g/mol. The van der Waals surface area contributed by atoms with E-state index in [1.807, 2.05) is 6.92 Å². The molecule has 0 aliphatic carbocycles. The second-order valence-corrected chi connectivity index (χ2v) is 6.62. The maximum atomic E-state index is 12.4. The standard InChI is InChI=1S/C16H23NO3S/c1-3-4-9-14(2)17-21(19,20)16-12-6-5-10-15(16)11-7-8-13-18/h5-6,10,12,14,17-18H,3-4,8-9,13H2,1-2H3. The number of aliphatic hydroxyl groups excluding tert-OH is 1. The van der Waals surface area contributed by atoms with Gasteiger partial charge in [-0.15, -0.1) is 0 Å². The van der Waals surface area contributed by atoms with Crippen LogP contribution in [0.5, 0.6) is 0 Å². The molecule has 0 bridgehead atoms. The zero-order valence-electron chi connectivity index (χ0n) is 12.6. The van der Waals surface area contributed by atoms with Gasteiger partial charge in [-0.25, -0.2) is 13.1 Å². The molecule has 1 aromatic carbocycles. The molecule has 2 N–H and O–H groups in total. The van der Waals surface area contributed by atoms with Gasteiger partial charge in [-0.05, 0) is 25.5 Å². The monoisotopic (exact) mass is 309 g/mol. The SMILES string of the molecule is CCCCC(C)NS(=O)(=O)c1ccccc1C#CCCO. The van der Waals surface area contributed by atoms with Gasteiger partial charge in [0.15, 0.2) is 0 Å². The topological polar surface area (TPSA) is 66.4 Å². The third-order valence-electron chi connectivity index (χ3n) is 2.98. The van der Waals surface area contributed by atoms with Crippen molar-refractivity contribution >= 4 is 10.0 Å². The van der Waals surface area contributed by atoms with Gasteiger partial charge in [-0.2, -0.15) is 0 Å². The average molecular weight is 309 g/mol. The molecule has 4 nitrogen and oxygen atoms in total. The number of unbranched alkanes of at least 4 members (excludes halogenated alkanes) is 1. The fourth-order valence-corrected chi connectivity index (χ4v) is 3.36. The van der Waals surface area contributed by atoms with Crippen molar-refractivity contribution in [3.63, 3.8) is 0 Å². The maximum Gasteiger partial charge on any atom is 0.242 e. The summed E-state index contributed by atoms with van der Waals surface area (Å²) in [6, 6.07) is 6.56. The fraction of sp³-hybridized carbons (Fsp3) is 0.500. The number of nitrogens with one attached hydrogen (secondary N) is 1. The van der Waals surface area contributed by atoms with Crippen molar-refractivity contribution in [3.8, 4) is 11.8 Å². The molecule has 1 atom stereocenters. The first-order valence-corrected chi connectivity index (χ1v) is 8.70. The summed E-state index contributed by atoms with van der Waals surface area (Å²) in [4.78, 5) is 0.193. The first kappa shape index (κ1) is 17.7. The van der Waals surface area contributed by atoms with E-state index in [2.05, 4.69) is 23.5 Å². The van der Waals surface area contributed by atoms with E-state index in [1.54, 1.807) is 24.3 Å². The minimum atomic E-state index is -3.57. The van der Waals surface area contributed by atoms with Gasteiger partial charge in [0, 0.05) is 18.0 Å². The third-order valence-corrected chi connectivity index (χ3v) is 4.63. The first-order valence-electron chi connectivity index (χ1n) is 7.22. The molecule has 21 heavy (non-hydrogen) atoms. The molecule has 0 heterocycles. The van der Waals surface area contributed by atoms with Crippen LogP contribution in [0.3, 0.4) is 0 Å². The van der Waals surface area contributed by atoms with Crippen molar-refractivity contribution in [2.24, 2.45) is 0 Å². The molecule has 0 aromatic heterocycles. The number of sulfonamides is 1. The van der Waals surface area contributed by atoms with Gasteiger partial charge in [-0.1, -0.05) is 43.7 Å². The van der Waals surface area contributed by atoms with Crippen molar-refractivity contribution in [2.75, 3.05) is 6.61 Å². The van der Waals surface area contributed by atoms with Crippen LogP contribution in [0.4, 0.5) is 0 Å². The van der Waals surface area contributed by atoms with E-state index in [1.165, 1.54) is 0 Å². The minimum absolute atomic E-state index is 0.0335. The summed E-state index contributed by atoms with van der Waals surface area (Å²) in [6.07, 6.45) is 3.17. The molecule has 116 valence electrons. The lowest BCUT2D eigenvalue weighted by Crippen LogP contribution is -2.33. The van der Waals surface area contributed by atoms with Gasteiger partial charge >= 0.3 is 0 Å². The van der Waals surface area contributed by atoms with Crippen molar-refractivity contribution < 1.29 is 13.5 Å². The third kappa shape index (κ3) is 5.88. The molecule has 1 unspecified atom stereocenters. The lowest BCUT2D eigenvalue weighted by Gasteiger charge is -2.14. The molecule has 1 rings (SSSR count). The van der Waals surface area contributed by atoms with E-state index in [4.69, 9.17) is 5.11 Å². The van der Waals surface area contributed by atoms with E-state index >= 15 is 0 Å². The Morgan fingerprint density at radius 2 is 2.05 bits per heavy atom. The predicted octanol–water partition coefficient (Wildman–Crippen LogP) is 2.28. The molecule has 0 radical (unpaired) electrons. The molecular formula is C16H23NO3S. The van der Waals surface area contributed by atoms with Crippen LogP contribution in [0, 0.1) is 11.8 Å². The first-order chi connectivity index (χ1) is 10.0. The summed E-state index contributed by atoms with van der Waals surface area (Å²) >= 11 is 0. The Kier molecular flexibility index (Phi) is 7.44. The second kappa shape index (κ2) is 8.83. The molecule has 5 heteroatoms. The summed E-state index contributed by atoms with van der Waals surface area (Å²) in [5.74, 6) is 5.57. The fourth-order valence-electron chi connectivity index (χ4n) is 1.92. The highest BCUT2D eigenvalue weighted by Crippen LogP contribution is 2.15. The molecule has 0 fully saturated rings. The maximum absolute atomic E-state index is 12.4. The quantitative estimate of drug-likeness (QED) is 0.759. The Hall–Kier alpha value is -1.35. The van der Waals surface area contributed by atoms with Gasteiger partial charge < -0.3 is 5.11 Å². The Bertz CT molecular complexity index is 599. The lowest BCUT2D eigenvalue weighted by atomic mass is 10.2. The summed E-state index contributed by atoms with van der Waals surface area (Å²) in [5.41, 5.74) is 0.459. The highest BCUT2D eigenvalue weighted by atomic mass is 32.2.